The number of amides is 2. The van der Waals surface area contributed by atoms with Gasteiger partial charge in [0.1, 0.15) is 0 Å². The van der Waals surface area contributed by atoms with Crippen molar-refractivity contribution in [1.82, 2.24) is 4.90 Å². The van der Waals surface area contributed by atoms with E-state index < -0.39 is 0 Å². The number of imide groups is 1. The van der Waals surface area contributed by atoms with Crippen LogP contribution in [0, 0.1) is 6.92 Å². The van der Waals surface area contributed by atoms with Crippen molar-refractivity contribution >= 4 is 29.1 Å². The maximum absolute atomic E-state index is 12.3. The van der Waals surface area contributed by atoms with Crippen molar-refractivity contribution in [3.63, 3.8) is 0 Å². The van der Waals surface area contributed by atoms with Gasteiger partial charge >= 0.3 is 0 Å². The molecule has 2 aromatic carbocycles. The van der Waals surface area contributed by atoms with E-state index in [2.05, 4.69) is 18.9 Å². The first-order chi connectivity index (χ1) is 12.5. The van der Waals surface area contributed by atoms with Gasteiger partial charge in [0.2, 0.25) is 11.8 Å². The zero-order chi connectivity index (χ0) is 18.4. The topological polar surface area (TPSA) is 40.6 Å². The Morgan fingerprint density at radius 1 is 1.04 bits per heavy atom. The summed E-state index contributed by atoms with van der Waals surface area (Å²) in [5.41, 5.74) is 5.37. The number of anilines is 1. The fraction of sp³-hybridized carbons (Fsp3) is 0.333. The lowest BCUT2D eigenvalue weighted by atomic mass is 9.82. The van der Waals surface area contributed by atoms with Crippen LogP contribution in [-0.4, -0.2) is 30.3 Å². The Balaban J connectivity index is 1.88. The zero-order valence-electron chi connectivity index (χ0n) is 15.0. The molecule has 2 aliphatic heterocycles. The number of hydrogen-bond donors (Lipinski definition) is 0. The van der Waals surface area contributed by atoms with Gasteiger partial charge in [0.15, 0.2) is 0 Å². The SMILES string of the molecule is Cc1cc(Cl)cc2c1CN(C)CC2c1ccccc1N1C(=O)CCC1=O. The average Bonchev–Trinajstić information content (AvgIpc) is 2.93. The van der Waals surface area contributed by atoms with E-state index in [9.17, 15) is 9.59 Å². The smallest absolute Gasteiger partial charge is 0.234 e. The summed E-state index contributed by atoms with van der Waals surface area (Å²) in [6.45, 7) is 3.78. The van der Waals surface area contributed by atoms with Crippen LogP contribution in [0.1, 0.15) is 41.0 Å². The molecule has 1 atom stereocenters. The summed E-state index contributed by atoms with van der Waals surface area (Å²) < 4.78 is 0. The molecule has 5 heteroatoms. The van der Waals surface area contributed by atoms with E-state index in [0.717, 1.165) is 23.7 Å². The molecule has 2 aliphatic rings. The van der Waals surface area contributed by atoms with Gasteiger partial charge in [-0.15, -0.1) is 0 Å². The van der Waals surface area contributed by atoms with Crippen LogP contribution in [0.25, 0.3) is 0 Å². The summed E-state index contributed by atoms with van der Waals surface area (Å²) in [7, 11) is 2.10. The predicted molar refractivity (Wildman–Crippen MR) is 103 cm³/mol. The Morgan fingerprint density at radius 2 is 1.73 bits per heavy atom. The van der Waals surface area contributed by atoms with Crippen molar-refractivity contribution in [3.8, 4) is 0 Å². The Labute approximate surface area is 158 Å². The number of nitrogens with zero attached hydrogens (tertiary/aromatic N) is 2. The molecule has 1 unspecified atom stereocenters. The van der Waals surface area contributed by atoms with Crippen LogP contribution in [0.4, 0.5) is 5.69 Å². The van der Waals surface area contributed by atoms with Crippen molar-refractivity contribution in [1.29, 1.82) is 0 Å². The maximum atomic E-state index is 12.3. The Hall–Kier alpha value is -2.17. The normalized spacial score (nSPS) is 20.6. The third kappa shape index (κ3) is 2.83. The van der Waals surface area contributed by atoms with E-state index in [-0.39, 0.29) is 17.7 Å². The molecule has 1 saturated heterocycles. The lowest BCUT2D eigenvalue weighted by Crippen LogP contribution is -2.34. The number of hydrogen-bond acceptors (Lipinski definition) is 3. The number of benzene rings is 2. The van der Waals surface area contributed by atoms with Crippen LogP contribution in [0.5, 0.6) is 0 Å². The van der Waals surface area contributed by atoms with Crippen molar-refractivity contribution in [2.24, 2.45) is 0 Å². The summed E-state index contributed by atoms with van der Waals surface area (Å²) in [5, 5.41) is 0.724. The molecule has 0 aliphatic carbocycles. The van der Waals surface area contributed by atoms with E-state index in [4.69, 9.17) is 11.6 Å². The van der Waals surface area contributed by atoms with Gasteiger partial charge in [-0.1, -0.05) is 29.8 Å². The minimum absolute atomic E-state index is 0.0681. The number of rotatable bonds is 2. The lowest BCUT2D eigenvalue weighted by Gasteiger charge is -2.35. The molecule has 134 valence electrons. The number of halogens is 1. The van der Waals surface area contributed by atoms with Gasteiger partial charge in [0.05, 0.1) is 5.69 Å². The summed E-state index contributed by atoms with van der Waals surface area (Å²) >= 11 is 6.35. The van der Waals surface area contributed by atoms with Crippen LogP contribution >= 0.6 is 11.6 Å². The number of fused-ring (bicyclic) bond motifs is 1. The van der Waals surface area contributed by atoms with Crippen molar-refractivity contribution in [3.05, 3.63) is 63.7 Å². The highest BCUT2D eigenvalue weighted by Crippen LogP contribution is 2.40. The first-order valence-electron chi connectivity index (χ1n) is 8.88. The Kier molecular flexibility index (Phi) is 4.33. The highest BCUT2D eigenvalue weighted by Gasteiger charge is 2.35. The minimum atomic E-state index is -0.117. The van der Waals surface area contributed by atoms with Gasteiger partial charge < -0.3 is 4.90 Å². The molecule has 0 bridgehead atoms. The molecular weight excluding hydrogens is 348 g/mol. The lowest BCUT2D eigenvalue weighted by molar-refractivity contribution is -0.121. The third-order valence-electron chi connectivity index (χ3n) is 5.37. The second kappa shape index (κ2) is 6.53. The third-order valence-corrected chi connectivity index (χ3v) is 5.59. The summed E-state index contributed by atoms with van der Waals surface area (Å²) in [4.78, 5) is 28.3. The molecule has 0 radical (unpaired) electrons. The Bertz CT molecular complexity index is 893. The summed E-state index contributed by atoms with van der Waals surface area (Å²) in [5.74, 6) is -0.165. The van der Waals surface area contributed by atoms with Crippen LogP contribution in [0.3, 0.4) is 0 Å². The van der Waals surface area contributed by atoms with Crippen molar-refractivity contribution in [2.75, 3.05) is 18.5 Å². The highest BCUT2D eigenvalue weighted by atomic mass is 35.5. The van der Waals surface area contributed by atoms with Crippen LogP contribution < -0.4 is 4.90 Å². The van der Waals surface area contributed by atoms with E-state index in [1.165, 1.54) is 21.6 Å². The van der Waals surface area contributed by atoms with Crippen LogP contribution in [-0.2, 0) is 16.1 Å². The second-order valence-electron chi connectivity index (χ2n) is 7.22. The average molecular weight is 369 g/mol. The van der Waals surface area contributed by atoms with Crippen molar-refractivity contribution in [2.45, 2.75) is 32.2 Å². The first kappa shape index (κ1) is 17.3. The maximum Gasteiger partial charge on any atom is 0.234 e. The second-order valence-corrected chi connectivity index (χ2v) is 7.66. The number of aryl methyl sites for hydroxylation is 1. The first-order valence-corrected chi connectivity index (χ1v) is 9.25. The van der Waals surface area contributed by atoms with Gasteiger partial charge in [-0.05, 0) is 54.4 Å². The van der Waals surface area contributed by atoms with Crippen LogP contribution in [0.2, 0.25) is 5.02 Å². The van der Waals surface area contributed by atoms with E-state index in [1.807, 2.05) is 36.4 Å². The molecule has 2 aromatic rings. The number of carbonyl (C=O) groups is 2. The molecule has 1 fully saturated rings. The largest absolute Gasteiger partial charge is 0.301 e. The van der Waals surface area contributed by atoms with Gasteiger partial charge in [-0.3, -0.25) is 14.5 Å². The fourth-order valence-corrected chi connectivity index (χ4v) is 4.45. The van der Waals surface area contributed by atoms with Crippen LogP contribution in [0.15, 0.2) is 36.4 Å². The molecule has 0 N–H and O–H groups in total. The van der Waals surface area contributed by atoms with E-state index in [0.29, 0.717) is 18.5 Å². The number of carbonyl (C=O) groups excluding carboxylic acids is 2. The molecule has 4 rings (SSSR count). The number of para-hydroxylation sites is 1. The molecule has 0 aromatic heterocycles. The van der Waals surface area contributed by atoms with Gasteiger partial charge in [0, 0.05) is 36.9 Å². The Morgan fingerprint density at radius 3 is 2.46 bits per heavy atom. The fourth-order valence-electron chi connectivity index (χ4n) is 4.17. The summed E-state index contributed by atoms with van der Waals surface area (Å²) in [6, 6.07) is 11.8. The molecule has 0 saturated carbocycles. The van der Waals surface area contributed by atoms with Gasteiger partial charge in [-0.2, -0.15) is 0 Å². The molecule has 0 spiro atoms. The van der Waals surface area contributed by atoms with E-state index in [1.54, 1.807) is 0 Å². The predicted octanol–water partition coefficient (Wildman–Crippen LogP) is 3.88. The standard InChI is InChI=1S/C21H21ClN2O2/c1-13-9-14(22)10-16-17(13)11-23(2)12-18(16)15-5-3-4-6-19(15)24-20(25)7-8-21(24)26/h3-6,9-10,18H,7-8,11-12H2,1-2H3. The minimum Gasteiger partial charge on any atom is -0.301 e. The van der Waals surface area contributed by atoms with E-state index >= 15 is 0 Å². The molecule has 26 heavy (non-hydrogen) atoms. The number of likely N-dealkylation sites (N-methyl/N-ethyl adjacent to an activating group) is 1. The molecule has 4 nitrogen and oxygen atoms in total. The highest BCUT2D eigenvalue weighted by molar-refractivity contribution is 6.30. The summed E-state index contributed by atoms with van der Waals surface area (Å²) in [6.07, 6.45) is 0.582. The van der Waals surface area contributed by atoms with Crippen molar-refractivity contribution < 1.29 is 9.59 Å². The van der Waals surface area contributed by atoms with Gasteiger partial charge in [0.25, 0.3) is 0 Å². The molecule has 2 heterocycles. The molecular formula is C21H21ClN2O2. The quantitative estimate of drug-likeness (QED) is 0.755. The zero-order valence-corrected chi connectivity index (χ0v) is 15.7. The monoisotopic (exact) mass is 368 g/mol. The molecule has 2 amide bonds. The van der Waals surface area contributed by atoms with Gasteiger partial charge in [-0.25, -0.2) is 0 Å².